The van der Waals surface area contributed by atoms with Crippen LogP contribution < -0.4 is 10.5 Å². The third-order valence-electron chi connectivity index (χ3n) is 6.07. The summed E-state index contributed by atoms with van der Waals surface area (Å²) in [5.41, 5.74) is 2.21. The van der Waals surface area contributed by atoms with Gasteiger partial charge in [-0.3, -0.25) is 19.4 Å². The van der Waals surface area contributed by atoms with Gasteiger partial charge in [0, 0.05) is 51.2 Å². The van der Waals surface area contributed by atoms with Crippen molar-refractivity contribution in [2.45, 2.75) is 20.4 Å². The highest BCUT2D eigenvalue weighted by Gasteiger charge is 2.32. The monoisotopic (exact) mass is 472 g/mol. The van der Waals surface area contributed by atoms with Gasteiger partial charge in [0.15, 0.2) is 0 Å². The molecule has 0 unspecified atom stereocenters. The van der Waals surface area contributed by atoms with E-state index in [-0.39, 0.29) is 18.1 Å². The summed E-state index contributed by atoms with van der Waals surface area (Å²) in [6.45, 7) is 8.81. The van der Waals surface area contributed by atoms with Crippen LogP contribution in [0.15, 0.2) is 34.0 Å². The van der Waals surface area contributed by atoms with Crippen LogP contribution in [0.3, 0.4) is 0 Å². The molecule has 0 bridgehead atoms. The summed E-state index contributed by atoms with van der Waals surface area (Å²) in [4.78, 5) is 33.1. The average Bonchev–Trinajstić information content (AvgIpc) is 3.07. The summed E-state index contributed by atoms with van der Waals surface area (Å²) >= 11 is 6.63. The molecule has 2 fully saturated rings. The first-order valence-corrected chi connectivity index (χ1v) is 12.2. The lowest BCUT2D eigenvalue weighted by Gasteiger charge is -2.37. The number of thiocarbonyl (C=S) groups is 1. The number of anilines is 1. The number of amides is 1. The molecule has 0 spiro atoms. The molecule has 2 aromatic rings. The predicted octanol–water partition coefficient (Wildman–Crippen LogP) is 2.36. The molecule has 0 aliphatic carbocycles. The molecular weight excluding hydrogens is 444 g/mol. The Kier molecular flexibility index (Phi) is 6.99. The molecule has 1 aromatic carbocycles. The first-order chi connectivity index (χ1) is 15.5. The minimum absolute atomic E-state index is 0.0965. The van der Waals surface area contributed by atoms with Crippen molar-refractivity contribution in [1.82, 2.24) is 14.4 Å². The molecule has 32 heavy (non-hydrogen) atoms. The fourth-order valence-corrected chi connectivity index (χ4v) is 5.80. The van der Waals surface area contributed by atoms with Crippen LogP contribution in [0.4, 0.5) is 5.69 Å². The van der Waals surface area contributed by atoms with E-state index in [1.807, 2.05) is 38.1 Å². The number of β-amino-alcohol motifs (C(OH)–C–C–N with tert-alkyl or cyclic N) is 1. The molecule has 1 amide bonds. The van der Waals surface area contributed by atoms with E-state index in [0.717, 1.165) is 42.8 Å². The lowest BCUT2D eigenvalue weighted by molar-refractivity contribution is -0.121. The van der Waals surface area contributed by atoms with Gasteiger partial charge in [-0.05, 0) is 26.0 Å². The zero-order valence-corrected chi connectivity index (χ0v) is 20.0. The molecule has 2 aliphatic heterocycles. The maximum Gasteiger partial charge on any atom is 0.266 e. The van der Waals surface area contributed by atoms with E-state index in [9.17, 15) is 14.7 Å². The second kappa shape index (κ2) is 9.74. The number of rotatable bonds is 6. The van der Waals surface area contributed by atoms with Crippen molar-refractivity contribution in [3.05, 3.63) is 45.1 Å². The number of carbonyl (C=O) groups is 1. The highest BCUT2D eigenvalue weighted by Crippen LogP contribution is 2.36. The van der Waals surface area contributed by atoms with Gasteiger partial charge < -0.3 is 14.6 Å². The molecule has 3 heterocycles. The number of aliphatic hydroxyl groups excluding tert-OH is 1. The van der Waals surface area contributed by atoms with Crippen molar-refractivity contribution in [3.8, 4) is 0 Å². The minimum Gasteiger partial charge on any atom is -0.395 e. The molecule has 0 saturated carbocycles. The molecular formula is C23H28N4O3S2. The average molecular weight is 473 g/mol. The van der Waals surface area contributed by atoms with E-state index >= 15 is 0 Å². The first-order valence-electron chi connectivity index (χ1n) is 11.0. The van der Waals surface area contributed by atoms with Crippen molar-refractivity contribution >= 4 is 56.9 Å². The Morgan fingerprint density at radius 1 is 1.09 bits per heavy atom. The van der Waals surface area contributed by atoms with Crippen LogP contribution >= 0.6 is 24.0 Å². The molecule has 1 aromatic heterocycles. The Morgan fingerprint density at radius 3 is 2.44 bits per heavy atom. The topological polar surface area (TPSA) is 69.0 Å². The Balaban J connectivity index is 1.88. The van der Waals surface area contributed by atoms with Crippen LogP contribution in [-0.2, 0) is 11.3 Å². The molecule has 0 radical (unpaired) electrons. The van der Waals surface area contributed by atoms with E-state index in [4.69, 9.17) is 12.2 Å². The number of aliphatic hydroxyl groups is 1. The quantitative estimate of drug-likeness (QED) is 0.511. The van der Waals surface area contributed by atoms with Crippen LogP contribution in [0.1, 0.15) is 19.4 Å². The van der Waals surface area contributed by atoms with Gasteiger partial charge in [-0.15, -0.1) is 0 Å². The number of carbonyl (C=O) groups excluding carboxylic acids is 1. The number of aryl methyl sites for hydroxylation is 1. The Labute approximate surface area is 197 Å². The third-order valence-corrected chi connectivity index (χ3v) is 7.44. The lowest BCUT2D eigenvalue weighted by Crippen LogP contribution is -2.48. The van der Waals surface area contributed by atoms with Crippen LogP contribution in [0.25, 0.3) is 17.0 Å². The summed E-state index contributed by atoms with van der Waals surface area (Å²) in [5.74, 6) is -0.142. The van der Waals surface area contributed by atoms with Crippen molar-refractivity contribution in [2.75, 3.05) is 50.8 Å². The molecule has 7 nitrogen and oxygen atoms in total. The third kappa shape index (κ3) is 4.10. The number of piperazine rings is 1. The van der Waals surface area contributed by atoms with Crippen LogP contribution in [-0.4, -0.2) is 75.6 Å². The molecule has 1 N–H and O–H groups in total. The Hall–Kier alpha value is -2.20. The predicted molar refractivity (Wildman–Crippen MR) is 135 cm³/mol. The maximum atomic E-state index is 13.7. The number of thioether (sulfide) groups is 1. The summed E-state index contributed by atoms with van der Waals surface area (Å²) in [5, 5.41) is 10.3. The lowest BCUT2D eigenvalue weighted by atomic mass is 10.0. The summed E-state index contributed by atoms with van der Waals surface area (Å²) in [6, 6.07) is 7.96. The molecule has 0 atom stereocenters. The highest BCUT2D eigenvalue weighted by molar-refractivity contribution is 8.26. The van der Waals surface area contributed by atoms with Gasteiger partial charge in [0.1, 0.15) is 4.32 Å². The second-order valence-corrected chi connectivity index (χ2v) is 9.48. The molecule has 170 valence electrons. The normalized spacial score (nSPS) is 19.0. The molecule has 2 saturated heterocycles. The fourth-order valence-electron chi connectivity index (χ4n) is 4.44. The number of nitrogens with zero attached hydrogens (tertiary/aromatic N) is 4. The van der Waals surface area contributed by atoms with Crippen molar-refractivity contribution in [3.63, 3.8) is 0 Å². The number of hydrogen-bond acceptors (Lipinski definition) is 7. The molecule has 4 rings (SSSR count). The van der Waals surface area contributed by atoms with E-state index in [0.29, 0.717) is 34.4 Å². The van der Waals surface area contributed by atoms with Crippen molar-refractivity contribution in [2.24, 2.45) is 0 Å². The SMILES string of the molecule is CCN1C(=O)C(=Cc2c(N3CCN(CCO)CC3)c3ccccc3n(CC)c2=O)SC1=S. The largest absolute Gasteiger partial charge is 0.395 e. The van der Waals surface area contributed by atoms with Gasteiger partial charge in [-0.1, -0.05) is 42.2 Å². The van der Waals surface area contributed by atoms with E-state index in [2.05, 4.69) is 9.80 Å². The van der Waals surface area contributed by atoms with Crippen LogP contribution in [0, 0.1) is 0 Å². The summed E-state index contributed by atoms with van der Waals surface area (Å²) < 4.78 is 2.30. The number of para-hydroxylation sites is 1. The van der Waals surface area contributed by atoms with Gasteiger partial charge in [-0.2, -0.15) is 0 Å². The molecule has 9 heteroatoms. The van der Waals surface area contributed by atoms with Gasteiger partial charge in [0.25, 0.3) is 11.5 Å². The molecule has 2 aliphatic rings. The van der Waals surface area contributed by atoms with E-state index in [1.54, 1.807) is 15.5 Å². The number of hydrogen-bond donors (Lipinski definition) is 1. The van der Waals surface area contributed by atoms with Gasteiger partial charge in [0.05, 0.1) is 28.3 Å². The number of likely N-dealkylation sites (N-methyl/N-ethyl adjacent to an activating group) is 1. The number of aromatic nitrogens is 1. The second-order valence-electron chi connectivity index (χ2n) is 7.81. The smallest absolute Gasteiger partial charge is 0.266 e. The maximum absolute atomic E-state index is 13.7. The number of pyridine rings is 1. The van der Waals surface area contributed by atoms with Crippen molar-refractivity contribution in [1.29, 1.82) is 0 Å². The minimum atomic E-state index is -0.142. The highest BCUT2D eigenvalue weighted by atomic mass is 32.2. The van der Waals surface area contributed by atoms with E-state index in [1.165, 1.54) is 11.8 Å². The van der Waals surface area contributed by atoms with Crippen LogP contribution in [0.2, 0.25) is 0 Å². The number of benzene rings is 1. The summed E-state index contributed by atoms with van der Waals surface area (Å²) in [6.07, 6.45) is 1.74. The van der Waals surface area contributed by atoms with Gasteiger partial charge in [-0.25, -0.2) is 0 Å². The van der Waals surface area contributed by atoms with Crippen LogP contribution in [0.5, 0.6) is 0 Å². The summed E-state index contributed by atoms with van der Waals surface area (Å²) in [7, 11) is 0. The Morgan fingerprint density at radius 2 is 1.81 bits per heavy atom. The van der Waals surface area contributed by atoms with Gasteiger partial charge in [0.2, 0.25) is 0 Å². The number of fused-ring (bicyclic) bond motifs is 1. The van der Waals surface area contributed by atoms with Crippen molar-refractivity contribution < 1.29 is 9.90 Å². The zero-order valence-electron chi connectivity index (χ0n) is 18.4. The Bertz CT molecular complexity index is 1140. The van der Waals surface area contributed by atoms with E-state index < -0.39 is 0 Å². The fraction of sp³-hybridized carbons (Fsp3) is 0.435. The first kappa shape index (κ1) is 23.0. The standard InChI is InChI=1S/C23H28N4O3S2/c1-3-26-18-8-6-5-7-16(18)20(25-11-9-24(10-12-25)13-14-28)17(21(26)29)15-19-22(30)27(4-2)23(31)32-19/h5-8,15,28H,3-4,9-14H2,1-2H3. The van der Waals surface area contributed by atoms with Gasteiger partial charge >= 0.3 is 0 Å². The zero-order chi connectivity index (χ0) is 22.8.